The molecule has 162 valence electrons. The second-order valence-corrected chi connectivity index (χ2v) is 7.22. The second kappa shape index (κ2) is 12.0. The number of benzene rings is 1. The van der Waals surface area contributed by atoms with Gasteiger partial charge in [0.05, 0.1) is 31.4 Å². The molecule has 10 nitrogen and oxygen atoms in total. The number of ether oxygens (including phenoxy) is 3. The number of nitro benzene ring substituents is 1. The van der Waals surface area contributed by atoms with E-state index in [1.165, 1.54) is 12.1 Å². The van der Waals surface area contributed by atoms with Gasteiger partial charge in [0, 0.05) is 30.8 Å². The van der Waals surface area contributed by atoms with Crippen LogP contribution >= 0.6 is 0 Å². The summed E-state index contributed by atoms with van der Waals surface area (Å²) in [5.74, 6) is -0.398. The first-order chi connectivity index (χ1) is 13.6. The van der Waals surface area contributed by atoms with Crippen molar-refractivity contribution in [1.29, 1.82) is 0 Å². The maximum absolute atomic E-state index is 12.1. The zero-order chi connectivity index (χ0) is 21.9. The van der Waals surface area contributed by atoms with Crippen molar-refractivity contribution < 1.29 is 28.7 Å². The summed E-state index contributed by atoms with van der Waals surface area (Å²) < 4.78 is 15.7. The number of amides is 2. The van der Waals surface area contributed by atoms with E-state index >= 15 is 0 Å². The summed E-state index contributed by atoms with van der Waals surface area (Å²) in [6.07, 6.45) is -0.493. The lowest BCUT2D eigenvalue weighted by Gasteiger charge is -2.19. The first-order valence-corrected chi connectivity index (χ1v) is 9.25. The number of nitro groups is 1. The predicted molar refractivity (Wildman–Crippen MR) is 106 cm³/mol. The van der Waals surface area contributed by atoms with Gasteiger partial charge < -0.3 is 24.8 Å². The monoisotopic (exact) mass is 411 g/mol. The van der Waals surface area contributed by atoms with Crippen molar-refractivity contribution in [3.05, 3.63) is 39.4 Å². The van der Waals surface area contributed by atoms with Crippen LogP contribution < -0.4 is 10.6 Å². The summed E-state index contributed by atoms with van der Waals surface area (Å²) in [5, 5.41) is 16.1. The molecular formula is C19H29N3O7. The number of carbonyl (C=O) groups is 2. The maximum Gasteiger partial charge on any atom is 0.407 e. The van der Waals surface area contributed by atoms with E-state index in [0.717, 1.165) is 0 Å². The summed E-state index contributed by atoms with van der Waals surface area (Å²) in [5.41, 5.74) is 0.212. The van der Waals surface area contributed by atoms with E-state index < -0.39 is 22.5 Å². The van der Waals surface area contributed by atoms with Crippen LogP contribution in [0, 0.1) is 17.0 Å². The second-order valence-electron chi connectivity index (χ2n) is 7.22. The largest absolute Gasteiger partial charge is 0.444 e. The number of hydrogen-bond donors (Lipinski definition) is 2. The van der Waals surface area contributed by atoms with Crippen LogP contribution in [0.3, 0.4) is 0 Å². The summed E-state index contributed by atoms with van der Waals surface area (Å²) in [4.78, 5) is 33.8. The highest BCUT2D eigenvalue weighted by Crippen LogP contribution is 2.16. The van der Waals surface area contributed by atoms with Gasteiger partial charge >= 0.3 is 6.09 Å². The standard InChI is InChI=1S/C19H29N3O7/c1-14-11-15(13-16(12-14)22(25)26)17(23)20-5-7-27-9-10-28-8-6-21-18(24)29-19(2,3)4/h11-13H,5-10H2,1-4H3,(H,20,23)(H,21,24). The van der Waals surface area contributed by atoms with Crippen LogP contribution in [0.4, 0.5) is 10.5 Å². The first-order valence-electron chi connectivity index (χ1n) is 9.25. The lowest BCUT2D eigenvalue weighted by molar-refractivity contribution is -0.384. The van der Waals surface area contributed by atoms with Gasteiger partial charge in [0.1, 0.15) is 5.60 Å². The Kier molecular flexibility index (Phi) is 10.0. The third kappa shape index (κ3) is 11.0. The molecule has 0 aliphatic heterocycles. The molecular weight excluding hydrogens is 382 g/mol. The van der Waals surface area contributed by atoms with E-state index in [0.29, 0.717) is 31.9 Å². The zero-order valence-corrected chi connectivity index (χ0v) is 17.3. The number of carbonyl (C=O) groups excluding carboxylic acids is 2. The van der Waals surface area contributed by atoms with Crippen molar-refractivity contribution in [3.8, 4) is 0 Å². The van der Waals surface area contributed by atoms with E-state index in [1.807, 2.05) is 0 Å². The number of alkyl carbamates (subject to hydrolysis) is 1. The smallest absolute Gasteiger partial charge is 0.407 e. The summed E-state index contributed by atoms with van der Waals surface area (Å²) in [6.45, 7) is 8.91. The van der Waals surface area contributed by atoms with Gasteiger partial charge in [0.25, 0.3) is 11.6 Å². The number of rotatable bonds is 11. The van der Waals surface area contributed by atoms with Crippen molar-refractivity contribution in [2.24, 2.45) is 0 Å². The van der Waals surface area contributed by atoms with Crippen molar-refractivity contribution in [2.75, 3.05) is 39.5 Å². The van der Waals surface area contributed by atoms with Crippen molar-refractivity contribution >= 4 is 17.7 Å². The molecule has 0 unspecified atom stereocenters. The molecule has 1 rings (SSSR count). The summed E-state index contributed by atoms with van der Waals surface area (Å²) in [7, 11) is 0. The molecule has 0 aliphatic carbocycles. The topological polar surface area (TPSA) is 129 Å². The minimum absolute atomic E-state index is 0.121. The Hall–Kier alpha value is -2.72. The van der Waals surface area contributed by atoms with Crippen LogP contribution in [0.1, 0.15) is 36.7 Å². The highest BCUT2D eigenvalue weighted by molar-refractivity contribution is 5.95. The van der Waals surface area contributed by atoms with Gasteiger partial charge in [-0.05, 0) is 39.3 Å². The SMILES string of the molecule is Cc1cc(C(=O)NCCOCCOCCNC(=O)OC(C)(C)C)cc([N+](=O)[O-])c1. The number of nitrogens with zero attached hydrogens (tertiary/aromatic N) is 1. The molecule has 0 spiro atoms. The Morgan fingerprint density at radius 3 is 2.14 bits per heavy atom. The third-order valence-corrected chi connectivity index (χ3v) is 3.35. The predicted octanol–water partition coefficient (Wildman–Crippen LogP) is 2.19. The van der Waals surface area contributed by atoms with Gasteiger partial charge in [-0.3, -0.25) is 14.9 Å². The van der Waals surface area contributed by atoms with E-state index in [4.69, 9.17) is 14.2 Å². The van der Waals surface area contributed by atoms with Crippen molar-refractivity contribution in [1.82, 2.24) is 10.6 Å². The summed E-state index contributed by atoms with van der Waals surface area (Å²) >= 11 is 0. The third-order valence-electron chi connectivity index (χ3n) is 3.35. The molecule has 0 radical (unpaired) electrons. The van der Waals surface area contributed by atoms with Crippen LogP contribution in [-0.4, -0.2) is 62.0 Å². The Balaban J connectivity index is 2.09. The molecule has 0 atom stereocenters. The number of hydrogen-bond acceptors (Lipinski definition) is 7. The van der Waals surface area contributed by atoms with Crippen LogP contribution in [0.25, 0.3) is 0 Å². The van der Waals surface area contributed by atoms with Gasteiger partial charge in [-0.25, -0.2) is 4.79 Å². The molecule has 0 saturated carbocycles. The quantitative estimate of drug-likeness (QED) is 0.324. The lowest BCUT2D eigenvalue weighted by Crippen LogP contribution is -2.34. The van der Waals surface area contributed by atoms with Gasteiger partial charge in [-0.15, -0.1) is 0 Å². The molecule has 0 aliphatic rings. The molecule has 0 aromatic heterocycles. The maximum atomic E-state index is 12.1. The fourth-order valence-electron chi connectivity index (χ4n) is 2.20. The highest BCUT2D eigenvalue weighted by Gasteiger charge is 2.15. The summed E-state index contributed by atoms with van der Waals surface area (Å²) in [6, 6.07) is 4.23. The van der Waals surface area contributed by atoms with E-state index in [-0.39, 0.29) is 24.4 Å². The van der Waals surface area contributed by atoms with Gasteiger partial charge in [-0.2, -0.15) is 0 Å². The Bertz CT molecular complexity index is 702. The lowest BCUT2D eigenvalue weighted by atomic mass is 10.1. The minimum Gasteiger partial charge on any atom is -0.444 e. The van der Waals surface area contributed by atoms with E-state index in [1.54, 1.807) is 33.8 Å². The molecule has 0 bridgehead atoms. The van der Waals surface area contributed by atoms with E-state index in [9.17, 15) is 19.7 Å². The minimum atomic E-state index is -0.539. The Morgan fingerprint density at radius 1 is 1.00 bits per heavy atom. The van der Waals surface area contributed by atoms with Crippen LogP contribution in [0.5, 0.6) is 0 Å². The van der Waals surface area contributed by atoms with Crippen molar-refractivity contribution in [3.63, 3.8) is 0 Å². The molecule has 0 fully saturated rings. The molecule has 2 amide bonds. The number of aryl methyl sites for hydroxylation is 1. The fourth-order valence-corrected chi connectivity index (χ4v) is 2.20. The number of non-ortho nitro benzene ring substituents is 1. The average molecular weight is 411 g/mol. The number of nitrogens with one attached hydrogen (secondary N) is 2. The average Bonchev–Trinajstić information content (AvgIpc) is 2.61. The molecule has 0 heterocycles. The van der Waals surface area contributed by atoms with Gasteiger partial charge in [0.15, 0.2) is 0 Å². The molecule has 0 saturated heterocycles. The Morgan fingerprint density at radius 2 is 1.59 bits per heavy atom. The van der Waals surface area contributed by atoms with Gasteiger partial charge in [-0.1, -0.05) is 0 Å². The van der Waals surface area contributed by atoms with Crippen LogP contribution in [0.2, 0.25) is 0 Å². The molecule has 29 heavy (non-hydrogen) atoms. The van der Waals surface area contributed by atoms with Gasteiger partial charge in [0.2, 0.25) is 0 Å². The molecule has 10 heteroatoms. The van der Waals surface area contributed by atoms with Crippen LogP contribution in [0.15, 0.2) is 18.2 Å². The van der Waals surface area contributed by atoms with Crippen LogP contribution in [-0.2, 0) is 14.2 Å². The molecule has 2 N–H and O–H groups in total. The normalized spacial score (nSPS) is 11.0. The first kappa shape index (κ1) is 24.3. The fraction of sp³-hybridized carbons (Fsp3) is 0.579. The molecule has 1 aromatic carbocycles. The highest BCUT2D eigenvalue weighted by atomic mass is 16.6. The van der Waals surface area contributed by atoms with Crippen molar-refractivity contribution in [2.45, 2.75) is 33.3 Å². The Labute approximate surface area is 170 Å². The zero-order valence-electron chi connectivity index (χ0n) is 17.3. The molecule has 1 aromatic rings. The van der Waals surface area contributed by atoms with E-state index in [2.05, 4.69) is 10.6 Å².